The summed E-state index contributed by atoms with van der Waals surface area (Å²) in [4.78, 5) is 14.6. The molecule has 0 aliphatic rings. The summed E-state index contributed by atoms with van der Waals surface area (Å²) in [6.45, 7) is 7.59. The molecule has 0 radical (unpaired) electrons. The molecule has 0 saturated carbocycles. The average molecular weight is 356 g/mol. The number of aromatic hydroxyl groups is 1. The molecule has 0 saturated heterocycles. The van der Waals surface area contributed by atoms with Gasteiger partial charge in [0.1, 0.15) is 18.1 Å². The first-order valence-corrected chi connectivity index (χ1v) is 8.69. The number of carbonyl (C=O) groups is 1. The molecule has 0 aliphatic carbocycles. The smallest absolute Gasteiger partial charge is 0.255 e. The lowest BCUT2D eigenvalue weighted by Gasteiger charge is -2.20. The highest BCUT2D eigenvalue weighted by atomic mass is 16.5. The van der Waals surface area contributed by atoms with Gasteiger partial charge >= 0.3 is 0 Å². The van der Waals surface area contributed by atoms with Crippen LogP contribution in [0, 0.1) is 0 Å². The maximum atomic E-state index is 12.6. The van der Waals surface area contributed by atoms with Crippen LogP contribution in [-0.4, -0.2) is 43.2 Å². The fourth-order valence-electron chi connectivity index (χ4n) is 2.37. The summed E-state index contributed by atoms with van der Waals surface area (Å²) >= 11 is 0. The van der Waals surface area contributed by atoms with E-state index >= 15 is 0 Å². The van der Waals surface area contributed by atoms with Crippen molar-refractivity contribution in [2.24, 2.45) is 0 Å². The molecule has 0 atom stereocenters. The highest BCUT2D eigenvalue weighted by Gasteiger charge is 2.17. The second-order valence-electron chi connectivity index (χ2n) is 7.62. The van der Waals surface area contributed by atoms with Gasteiger partial charge in [0, 0.05) is 12.1 Å². The number of nitrogens with one attached hydrogen (secondary N) is 1. The van der Waals surface area contributed by atoms with E-state index in [0.717, 1.165) is 12.1 Å². The van der Waals surface area contributed by atoms with Gasteiger partial charge in [-0.1, -0.05) is 32.9 Å². The van der Waals surface area contributed by atoms with Crippen LogP contribution in [-0.2, 0) is 5.41 Å². The molecule has 26 heavy (non-hydrogen) atoms. The van der Waals surface area contributed by atoms with Crippen LogP contribution < -0.4 is 10.1 Å². The number of hydrogen-bond acceptors (Lipinski definition) is 4. The summed E-state index contributed by atoms with van der Waals surface area (Å²) in [6.07, 6.45) is 0. The van der Waals surface area contributed by atoms with Crippen LogP contribution in [0.5, 0.6) is 11.5 Å². The number of nitrogens with zero attached hydrogens (tertiary/aromatic N) is 1. The van der Waals surface area contributed by atoms with E-state index in [1.807, 2.05) is 37.2 Å². The van der Waals surface area contributed by atoms with Crippen LogP contribution in [0.2, 0.25) is 0 Å². The van der Waals surface area contributed by atoms with E-state index in [4.69, 9.17) is 4.74 Å². The van der Waals surface area contributed by atoms with Gasteiger partial charge in [0.15, 0.2) is 0 Å². The number of anilines is 1. The molecule has 140 valence electrons. The van der Waals surface area contributed by atoms with Gasteiger partial charge in [-0.15, -0.1) is 0 Å². The van der Waals surface area contributed by atoms with E-state index in [9.17, 15) is 9.90 Å². The van der Waals surface area contributed by atoms with Crippen molar-refractivity contribution in [2.45, 2.75) is 26.2 Å². The number of ether oxygens (including phenoxy) is 1. The molecule has 2 aromatic rings. The zero-order chi connectivity index (χ0) is 19.3. The highest BCUT2D eigenvalue weighted by Crippen LogP contribution is 2.31. The summed E-state index contributed by atoms with van der Waals surface area (Å²) in [6, 6.07) is 12.3. The lowest BCUT2D eigenvalue weighted by Crippen LogP contribution is -2.19. The van der Waals surface area contributed by atoms with E-state index in [1.165, 1.54) is 0 Å². The van der Waals surface area contributed by atoms with Crippen molar-refractivity contribution >= 4 is 11.6 Å². The minimum atomic E-state index is -0.288. The molecule has 2 aromatic carbocycles. The summed E-state index contributed by atoms with van der Waals surface area (Å²) < 4.78 is 5.67. The Kier molecular flexibility index (Phi) is 6.27. The SMILES string of the molecule is CN(C)CCOc1cccc(C(=O)Nc2cc(C(C)(C)C)ccc2O)c1. The first-order valence-electron chi connectivity index (χ1n) is 8.69. The van der Waals surface area contributed by atoms with Gasteiger partial charge in [-0.3, -0.25) is 4.79 Å². The molecular formula is C21H28N2O3. The summed E-state index contributed by atoms with van der Waals surface area (Å²) in [5, 5.41) is 12.9. The Bertz CT molecular complexity index is 764. The second kappa shape index (κ2) is 8.23. The lowest BCUT2D eigenvalue weighted by atomic mass is 9.87. The van der Waals surface area contributed by atoms with Crippen molar-refractivity contribution in [2.75, 3.05) is 32.6 Å². The summed E-state index contributed by atoms with van der Waals surface area (Å²) in [5.74, 6) is 0.404. The molecule has 0 aromatic heterocycles. The first kappa shape index (κ1) is 19.8. The molecular weight excluding hydrogens is 328 g/mol. The largest absolute Gasteiger partial charge is 0.506 e. The fourth-order valence-corrected chi connectivity index (χ4v) is 2.37. The van der Waals surface area contributed by atoms with Crippen molar-refractivity contribution in [1.82, 2.24) is 4.90 Å². The number of likely N-dealkylation sites (N-methyl/N-ethyl adjacent to an activating group) is 1. The fraction of sp³-hybridized carbons (Fsp3) is 0.381. The van der Waals surface area contributed by atoms with Crippen molar-refractivity contribution in [3.8, 4) is 11.5 Å². The lowest BCUT2D eigenvalue weighted by molar-refractivity contribution is 0.102. The number of hydrogen-bond donors (Lipinski definition) is 2. The van der Waals surface area contributed by atoms with E-state index in [1.54, 1.807) is 24.3 Å². The molecule has 5 nitrogen and oxygen atoms in total. The molecule has 0 fully saturated rings. The first-order chi connectivity index (χ1) is 12.2. The third kappa shape index (κ3) is 5.49. The predicted molar refractivity (Wildman–Crippen MR) is 105 cm³/mol. The number of phenols is 1. The molecule has 0 aliphatic heterocycles. The molecule has 0 unspecified atom stereocenters. The maximum Gasteiger partial charge on any atom is 0.255 e. The Labute approximate surface area is 155 Å². The van der Waals surface area contributed by atoms with Crippen LogP contribution in [0.1, 0.15) is 36.7 Å². The number of benzene rings is 2. The van der Waals surface area contributed by atoms with Crippen molar-refractivity contribution in [3.63, 3.8) is 0 Å². The molecule has 5 heteroatoms. The van der Waals surface area contributed by atoms with Crippen LogP contribution in [0.3, 0.4) is 0 Å². The zero-order valence-corrected chi connectivity index (χ0v) is 16.2. The summed E-state index contributed by atoms with van der Waals surface area (Å²) in [5.41, 5.74) is 1.84. The number of carbonyl (C=O) groups excluding carboxylic acids is 1. The maximum absolute atomic E-state index is 12.6. The van der Waals surface area contributed by atoms with Gasteiger partial charge < -0.3 is 20.1 Å². The Morgan fingerprint density at radius 3 is 2.54 bits per heavy atom. The predicted octanol–water partition coefficient (Wildman–Crippen LogP) is 3.88. The van der Waals surface area contributed by atoms with Crippen molar-refractivity contribution < 1.29 is 14.6 Å². The van der Waals surface area contributed by atoms with Crippen LogP contribution in [0.4, 0.5) is 5.69 Å². The summed E-state index contributed by atoms with van der Waals surface area (Å²) in [7, 11) is 3.96. The third-order valence-electron chi connectivity index (χ3n) is 4.01. The van der Waals surface area contributed by atoms with Gasteiger partial charge in [0.2, 0.25) is 0 Å². The Balaban J connectivity index is 2.13. The Morgan fingerprint density at radius 2 is 1.88 bits per heavy atom. The zero-order valence-electron chi connectivity index (χ0n) is 16.2. The van der Waals surface area contributed by atoms with Crippen molar-refractivity contribution in [3.05, 3.63) is 53.6 Å². The Morgan fingerprint density at radius 1 is 1.15 bits per heavy atom. The second-order valence-corrected chi connectivity index (χ2v) is 7.62. The van der Waals surface area contributed by atoms with Gasteiger partial charge in [-0.25, -0.2) is 0 Å². The van der Waals surface area contributed by atoms with Gasteiger partial charge in [-0.05, 0) is 55.4 Å². The van der Waals surface area contributed by atoms with E-state index in [0.29, 0.717) is 23.6 Å². The monoisotopic (exact) mass is 356 g/mol. The number of rotatable bonds is 6. The van der Waals surface area contributed by atoms with Gasteiger partial charge in [0.05, 0.1) is 5.69 Å². The van der Waals surface area contributed by atoms with Crippen LogP contribution >= 0.6 is 0 Å². The molecule has 1 amide bonds. The molecule has 0 spiro atoms. The average Bonchev–Trinajstić information content (AvgIpc) is 2.55. The van der Waals surface area contributed by atoms with Crippen LogP contribution in [0.25, 0.3) is 0 Å². The number of phenolic OH excluding ortho intramolecular Hbond substituents is 1. The van der Waals surface area contributed by atoms with E-state index < -0.39 is 0 Å². The third-order valence-corrected chi connectivity index (χ3v) is 4.01. The van der Waals surface area contributed by atoms with E-state index in [-0.39, 0.29) is 17.1 Å². The minimum absolute atomic E-state index is 0.0461. The normalized spacial score (nSPS) is 11.5. The number of amides is 1. The van der Waals surface area contributed by atoms with Crippen LogP contribution in [0.15, 0.2) is 42.5 Å². The van der Waals surface area contributed by atoms with E-state index in [2.05, 4.69) is 26.1 Å². The molecule has 2 N–H and O–H groups in total. The minimum Gasteiger partial charge on any atom is -0.506 e. The standard InChI is InChI=1S/C21H28N2O3/c1-21(2,3)16-9-10-19(24)18(14-16)22-20(25)15-7-6-8-17(13-15)26-12-11-23(4)5/h6-10,13-14,24H,11-12H2,1-5H3,(H,22,25). The van der Waals surface area contributed by atoms with Crippen molar-refractivity contribution in [1.29, 1.82) is 0 Å². The highest BCUT2D eigenvalue weighted by molar-refractivity contribution is 6.05. The molecule has 0 bridgehead atoms. The Hall–Kier alpha value is -2.53. The topological polar surface area (TPSA) is 61.8 Å². The molecule has 2 rings (SSSR count). The van der Waals surface area contributed by atoms with Gasteiger partial charge in [0.25, 0.3) is 5.91 Å². The van der Waals surface area contributed by atoms with Gasteiger partial charge in [-0.2, -0.15) is 0 Å². The quantitative estimate of drug-likeness (QED) is 0.771. The molecule has 0 heterocycles.